The number of carbonyl (C=O) groups is 1. The van der Waals surface area contributed by atoms with Crippen LogP contribution in [-0.4, -0.2) is 29.4 Å². The van der Waals surface area contributed by atoms with E-state index in [4.69, 9.17) is 9.47 Å². The monoisotopic (exact) mass is 518 g/mol. The molecule has 1 N–H and O–H groups in total. The van der Waals surface area contributed by atoms with Gasteiger partial charge in [-0.15, -0.1) is 0 Å². The predicted octanol–water partition coefficient (Wildman–Crippen LogP) is 3.53. The van der Waals surface area contributed by atoms with Crippen LogP contribution < -0.4 is 19.6 Å². The van der Waals surface area contributed by atoms with Gasteiger partial charge in [0.25, 0.3) is 5.56 Å². The van der Waals surface area contributed by atoms with Gasteiger partial charge in [0.15, 0.2) is 16.3 Å². The summed E-state index contributed by atoms with van der Waals surface area (Å²) in [7, 11) is 1.41. The fourth-order valence-electron chi connectivity index (χ4n) is 3.91. The summed E-state index contributed by atoms with van der Waals surface area (Å²) in [6, 6.07) is 7.89. The number of phenolic OH excluding ortho intramolecular Hbond substituents is 1. The number of aromatic nitrogens is 1. The third-order valence-corrected chi connectivity index (χ3v) is 6.55. The van der Waals surface area contributed by atoms with Crippen LogP contribution in [0.3, 0.4) is 0 Å². The summed E-state index contributed by atoms with van der Waals surface area (Å²) in [6.45, 7) is 3.28. The van der Waals surface area contributed by atoms with Crippen molar-refractivity contribution in [2.75, 3.05) is 13.7 Å². The van der Waals surface area contributed by atoms with Gasteiger partial charge >= 0.3 is 12.1 Å². The van der Waals surface area contributed by atoms with E-state index in [2.05, 4.69) is 4.99 Å². The number of alkyl halides is 3. The van der Waals surface area contributed by atoms with Crippen LogP contribution >= 0.6 is 11.3 Å². The molecule has 1 aliphatic rings. The number of aromatic hydroxyl groups is 1. The van der Waals surface area contributed by atoms with Gasteiger partial charge in [0.05, 0.1) is 41.1 Å². The molecule has 0 saturated heterocycles. The molecule has 1 unspecified atom stereocenters. The second-order valence-electron chi connectivity index (χ2n) is 7.85. The molecular weight excluding hydrogens is 497 g/mol. The van der Waals surface area contributed by atoms with E-state index >= 15 is 0 Å². The van der Waals surface area contributed by atoms with Crippen LogP contribution in [0, 0.1) is 0 Å². The lowest BCUT2D eigenvalue weighted by atomic mass is 9.95. The van der Waals surface area contributed by atoms with Crippen LogP contribution in [0.5, 0.6) is 11.5 Å². The minimum Gasteiger partial charge on any atom is -0.504 e. The van der Waals surface area contributed by atoms with Gasteiger partial charge in [-0.05, 0) is 55.3 Å². The van der Waals surface area contributed by atoms with Crippen molar-refractivity contribution < 1.29 is 32.5 Å². The Hall–Kier alpha value is -3.86. The van der Waals surface area contributed by atoms with E-state index in [0.29, 0.717) is 16.8 Å². The molecule has 2 heterocycles. The van der Waals surface area contributed by atoms with E-state index < -0.39 is 29.3 Å². The minimum absolute atomic E-state index is 0.0673. The molecule has 3 aromatic rings. The summed E-state index contributed by atoms with van der Waals surface area (Å²) in [6.07, 6.45) is -2.98. The van der Waals surface area contributed by atoms with Crippen molar-refractivity contribution in [1.82, 2.24) is 4.57 Å². The summed E-state index contributed by atoms with van der Waals surface area (Å²) >= 11 is 1.06. The number of hydrogen-bond donors (Lipinski definition) is 1. The van der Waals surface area contributed by atoms with Gasteiger partial charge in [0.1, 0.15) is 0 Å². The maximum absolute atomic E-state index is 13.5. The van der Waals surface area contributed by atoms with Gasteiger partial charge in [0.2, 0.25) is 0 Å². The highest BCUT2D eigenvalue weighted by atomic mass is 32.1. The van der Waals surface area contributed by atoms with E-state index in [-0.39, 0.29) is 33.0 Å². The number of benzene rings is 2. The second kappa shape index (κ2) is 9.65. The molecule has 0 amide bonds. The highest BCUT2D eigenvalue weighted by Gasteiger charge is 2.35. The largest absolute Gasteiger partial charge is 0.504 e. The molecule has 0 spiro atoms. The van der Waals surface area contributed by atoms with Crippen LogP contribution in [-0.2, 0) is 15.7 Å². The first-order chi connectivity index (χ1) is 17.0. The zero-order valence-corrected chi connectivity index (χ0v) is 20.2. The van der Waals surface area contributed by atoms with Crippen molar-refractivity contribution in [3.8, 4) is 11.5 Å². The van der Waals surface area contributed by atoms with Crippen LogP contribution in [0.15, 0.2) is 63.5 Å². The van der Waals surface area contributed by atoms with Crippen molar-refractivity contribution in [2.24, 2.45) is 4.99 Å². The number of ether oxygens (including phenoxy) is 2. The summed E-state index contributed by atoms with van der Waals surface area (Å²) in [4.78, 5) is 31.1. The molecule has 11 heteroatoms. The summed E-state index contributed by atoms with van der Waals surface area (Å²) in [5.74, 6) is -0.550. The zero-order valence-electron chi connectivity index (χ0n) is 19.4. The SMILES string of the molecule is CCOC(=O)C1=C(C)N=c2s/c(=C/c3ccc(OC)c(O)c3)c(=O)n2C1c1ccc(C(F)(F)F)cc1. The molecule has 0 bridgehead atoms. The molecule has 0 aliphatic carbocycles. The number of fused-ring (bicyclic) bond motifs is 1. The number of methoxy groups -OCH3 is 1. The van der Waals surface area contributed by atoms with E-state index in [1.807, 2.05) is 0 Å². The maximum atomic E-state index is 13.5. The van der Waals surface area contributed by atoms with E-state index in [0.717, 1.165) is 23.5 Å². The van der Waals surface area contributed by atoms with E-state index in [9.17, 15) is 27.9 Å². The molecule has 1 aromatic heterocycles. The number of rotatable bonds is 5. The van der Waals surface area contributed by atoms with Gasteiger partial charge < -0.3 is 14.6 Å². The molecule has 0 fully saturated rings. The van der Waals surface area contributed by atoms with E-state index in [1.165, 1.54) is 29.9 Å². The lowest BCUT2D eigenvalue weighted by Gasteiger charge is -2.25. The lowest BCUT2D eigenvalue weighted by molar-refractivity contribution is -0.139. The summed E-state index contributed by atoms with van der Waals surface area (Å²) in [5.41, 5.74) is -0.156. The fourth-order valence-corrected chi connectivity index (χ4v) is 4.96. The Balaban J connectivity index is 1.91. The zero-order chi connectivity index (χ0) is 26.2. The highest BCUT2D eigenvalue weighted by molar-refractivity contribution is 7.07. The van der Waals surface area contributed by atoms with Crippen molar-refractivity contribution in [3.63, 3.8) is 0 Å². The molecule has 2 aromatic carbocycles. The number of esters is 1. The standard InChI is InChI=1S/C25H21F3N2O5S/c1-4-35-23(33)20-13(2)29-24-30(21(20)15-6-8-16(9-7-15)25(26,27)28)22(32)19(36-24)12-14-5-10-18(34-3)17(31)11-14/h5-12,21,31H,4H2,1-3H3/b19-12+. The third kappa shape index (κ3) is 4.66. The predicted molar refractivity (Wildman–Crippen MR) is 127 cm³/mol. The average molecular weight is 519 g/mol. The molecule has 0 radical (unpaired) electrons. The molecule has 1 aliphatic heterocycles. The molecule has 7 nitrogen and oxygen atoms in total. The Morgan fingerprint density at radius 3 is 2.50 bits per heavy atom. The third-order valence-electron chi connectivity index (χ3n) is 5.57. The van der Waals surface area contributed by atoms with Gasteiger partial charge in [0, 0.05) is 0 Å². The quantitative estimate of drug-likeness (QED) is 0.522. The van der Waals surface area contributed by atoms with Crippen LogP contribution in [0.25, 0.3) is 6.08 Å². The molecule has 0 saturated carbocycles. The summed E-state index contributed by atoms with van der Waals surface area (Å²) < 4.78 is 51.2. The Morgan fingerprint density at radius 1 is 1.22 bits per heavy atom. The minimum atomic E-state index is -4.54. The second-order valence-corrected chi connectivity index (χ2v) is 8.86. The average Bonchev–Trinajstić information content (AvgIpc) is 3.12. The number of nitrogens with zero attached hydrogens (tertiary/aromatic N) is 2. The first-order valence-electron chi connectivity index (χ1n) is 10.8. The Labute approximate surface area is 207 Å². The van der Waals surface area contributed by atoms with Crippen LogP contribution in [0.1, 0.15) is 36.6 Å². The molecule has 1 atom stereocenters. The van der Waals surface area contributed by atoms with Crippen LogP contribution in [0.4, 0.5) is 13.2 Å². The number of carbonyl (C=O) groups excluding carboxylic acids is 1. The molecule has 188 valence electrons. The summed E-state index contributed by atoms with van der Waals surface area (Å²) in [5, 5.41) is 10.1. The number of halogens is 3. The molecular formula is C25H21F3N2O5S. The van der Waals surface area contributed by atoms with E-state index in [1.54, 1.807) is 32.1 Å². The number of thiazole rings is 1. The Morgan fingerprint density at radius 2 is 1.92 bits per heavy atom. The fraction of sp³-hybridized carbons (Fsp3) is 0.240. The first-order valence-corrected chi connectivity index (χ1v) is 11.6. The molecule has 36 heavy (non-hydrogen) atoms. The van der Waals surface area contributed by atoms with Crippen molar-refractivity contribution in [1.29, 1.82) is 0 Å². The lowest BCUT2D eigenvalue weighted by Crippen LogP contribution is -2.40. The van der Waals surface area contributed by atoms with Crippen LogP contribution in [0.2, 0.25) is 0 Å². The van der Waals surface area contributed by atoms with Crippen molar-refractivity contribution in [2.45, 2.75) is 26.1 Å². The van der Waals surface area contributed by atoms with Crippen molar-refractivity contribution in [3.05, 3.63) is 90.1 Å². The maximum Gasteiger partial charge on any atom is 0.416 e. The molecule has 4 rings (SSSR count). The van der Waals surface area contributed by atoms with Crippen molar-refractivity contribution >= 4 is 23.4 Å². The Kier molecular flexibility index (Phi) is 6.77. The number of hydrogen-bond acceptors (Lipinski definition) is 7. The van der Waals surface area contributed by atoms with Gasteiger partial charge in [-0.1, -0.05) is 29.5 Å². The number of allylic oxidation sites excluding steroid dienone is 1. The smallest absolute Gasteiger partial charge is 0.416 e. The first kappa shape index (κ1) is 25.2. The Bertz CT molecular complexity index is 1540. The highest BCUT2D eigenvalue weighted by Crippen LogP contribution is 2.34. The van der Waals surface area contributed by atoms with Gasteiger partial charge in [-0.3, -0.25) is 9.36 Å². The number of phenols is 1. The van der Waals surface area contributed by atoms with Gasteiger partial charge in [-0.25, -0.2) is 9.79 Å². The normalized spacial score (nSPS) is 15.9. The van der Waals surface area contributed by atoms with Gasteiger partial charge in [-0.2, -0.15) is 13.2 Å². The topological polar surface area (TPSA) is 90.1 Å².